The molecule has 0 saturated carbocycles. The van der Waals surface area contributed by atoms with Gasteiger partial charge >= 0.3 is 0 Å². The first-order valence-electron chi connectivity index (χ1n) is 8.83. The van der Waals surface area contributed by atoms with Crippen LogP contribution in [0.4, 0.5) is 0 Å². The molecular weight excluding hydrogens is 425 g/mol. The highest BCUT2D eigenvalue weighted by Crippen LogP contribution is 2.31. The zero-order valence-electron chi connectivity index (χ0n) is 15.2. The van der Waals surface area contributed by atoms with Gasteiger partial charge in [0.1, 0.15) is 11.4 Å². The molecule has 0 spiro atoms. The van der Waals surface area contributed by atoms with Gasteiger partial charge in [-0.25, -0.2) is 4.98 Å². The molecule has 9 heteroatoms. The van der Waals surface area contributed by atoms with Crippen molar-refractivity contribution in [3.05, 3.63) is 76.8 Å². The highest BCUT2D eigenvalue weighted by molar-refractivity contribution is 6.33. The van der Waals surface area contributed by atoms with E-state index in [2.05, 4.69) is 25.4 Å². The minimum absolute atomic E-state index is 0.248. The Labute approximate surface area is 180 Å². The molecule has 0 aliphatic rings. The van der Waals surface area contributed by atoms with Crippen molar-refractivity contribution < 1.29 is 8.83 Å². The lowest BCUT2D eigenvalue weighted by Gasteiger charge is -1.99. The fraction of sp³-hybridized carbons (Fsp3) is 0. The molecule has 146 valence electrons. The van der Waals surface area contributed by atoms with Crippen molar-refractivity contribution in [2.75, 3.05) is 0 Å². The molecule has 2 aromatic carbocycles. The molecule has 3 aromatic heterocycles. The second kappa shape index (κ2) is 7.70. The van der Waals surface area contributed by atoms with Gasteiger partial charge in [-0.05, 0) is 36.4 Å². The Hall–Kier alpha value is -3.55. The average molecular weight is 436 g/mol. The molecule has 0 atom stereocenters. The molecular formula is C21H11Cl2N5O2. The van der Waals surface area contributed by atoms with Crippen LogP contribution >= 0.6 is 23.2 Å². The fourth-order valence-electron chi connectivity index (χ4n) is 2.81. The van der Waals surface area contributed by atoms with E-state index in [0.29, 0.717) is 44.3 Å². The second-order valence-corrected chi connectivity index (χ2v) is 7.01. The first-order chi connectivity index (χ1) is 14.7. The van der Waals surface area contributed by atoms with Gasteiger partial charge < -0.3 is 8.83 Å². The van der Waals surface area contributed by atoms with E-state index in [9.17, 15) is 0 Å². The van der Waals surface area contributed by atoms with Crippen LogP contribution in [0.3, 0.4) is 0 Å². The third-order valence-electron chi connectivity index (χ3n) is 4.25. The Bertz CT molecular complexity index is 1250. The highest BCUT2D eigenvalue weighted by atomic mass is 35.5. The summed E-state index contributed by atoms with van der Waals surface area (Å²) in [6, 6.07) is 19.7. The van der Waals surface area contributed by atoms with E-state index in [1.165, 1.54) is 0 Å². The summed E-state index contributed by atoms with van der Waals surface area (Å²) < 4.78 is 11.5. The summed E-state index contributed by atoms with van der Waals surface area (Å²) in [6.45, 7) is 0. The summed E-state index contributed by atoms with van der Waals surface area (Å²) in [4.78, 5) is 4.51. The van der Waals surface area contributed by atoms with Crippen molar-refractivity contribution in [3.63, 3.8) is 0 Å². The molecule has 30 heavy (non-hydrogen) atoms. The van der Waals surface area contributed by atoms with Gasteiger partial charge in [0.2, 0.25) is 11.8 Å². The lowest BCUT2D eigenvalue weighted by molar-refractivity contribution is 0.578. The van der Waals surface area contributed by atoms with Crippen LogP contribution in [-0.4, -0.2) is 25.4 Å². The number of halogens is 2. The van der Waals surface area contributed by atoms with Crippen LogP contribution in [0.5, 0.6) is 0 Å². The Morgan fingerprint density at radius 2 is 0.933 bits per heavy atom. The molecule has 0 N–H and O–H groups in total. The SMILES string of the molecule is Clc1ccccc1-c1nnc(-c2cccc(-c3nnc(-c4ccccc4Cl)o3)n2)o1. The van der Waals surface area contributed by atoms with Gasteiger partial charge in [0.05, 0.1) is 21.2 Å². The molecule has 7 nitrogen and oxygen atoms in total. The summed E-state index contributed by atoms with van der Waals surface area (Å²) in [7, 11) is 0. The number of pyridine rings is 1. The first-order valence-corrected chi connectivity index (χ1v) is 9.59. The van der Waals surface area contributed by atoms with E-state index in [1.807, 2.05) is 24.3 Å². The summed E-state index contributed by atoms with van der Waals surface area (Å²) in [5.41, 5.74) is 2.23. The van der Waals surface area contributed by atoms with Gasteiger partial charge in [-0.1, -0.05) is 53.5 Å². The molecule has 0 bridgehead atoms. The quantitative estimate of drug-likeness (QED) is 0.350. The third-order valence-corrected chi connectivity index (χ3v) is 4.91. The van der Waals surface area contributed by atoms with Crippen LogP contribution in [0.25, 0.3) is 46.1 Å². The topological polar surface area (TPSA) is 90.7 Å². The van der Waals surface area contributed by atoms with Gasteiger partial charge in [0.25, 0.3) is 11.8 Å². The first kappa shape index (κ1) is 18.5. The summed E-state index contributed by atoms with van der Waals surface area (Å²) in [6.07, 6.45) is 0. The highest BCUT2D eigenvalue weighted by Gasteiger charge is 2.17. The molecule has 5 rings (SSSR count). The number of nitrogens with zero attached hydrogens (tertiary/aromatic N) is 5. The zero-order chi connectivity index (χ0) is 20.5. The van der Waals surface area contributed by atoms with Crippen molar-refractivity contribution in [2.24, 2.45) is 0 Å². The van der Waals surface area contributed by atoms with Crippen LogP contribution in [-0.2, 0) is 0 Å². The van der Waals surface area contributed by atoms with E-state index in [1.54, 1.807) is 42.5 Å². The Morgan fingerprint density at radius 3 is 1.40 bits per heavy atom. The van der Waals surface area contributed by atoms with Crippen LogP contribution in [0.2, 0.25) is 10.0 Å². The average Bonchev–Trinajstić information content (AvgIpc) is 3.45. The second-order valence-electron chi connectivity index (χ2n) is 6.19. The molecule has 3 heterocycles. The Balaban J connectivity index is 1.47. The number of aromatic nitrogens is 5. The van der Waals surface area contributed by atoms with Crippen molar-refractivity contribution >= 4 is 23.2 Å². The maximum absolute atomic E-state index is 6.20. The van der Waals surface area contributed by atoms with E-state index in [0.717, 1.165) is 0 Å². The number of hydrogen-bond acceptors (Lipinski definition) is 7. The van der Waals surface area contributed by atoms with Gasteiger partial charge in [-0.2, -0.15) is 0 Å². The third kappa shape index (κ3) is 3.45. The summed E-state index contributed by atoms with van der Waals surface area (Å²) in [5, 5.41) is 17.3. The Morgan fingerprint density at radius 1 is 0.500 bits per heavy atom. The maximum Gasteiger partial charge on any atom is 0.266 e. The molecule has 0 radical (unpaired) electrons. The standard InChI is InChI=1S/C21H11Cl2N5O2/c22-14-8-3-1-6-12(14)18-25-27-20(29-18)16-10-5-11-17(24-16)21-28-26-19(30-21)13-7-2-4-9-15(13)23/h1-11H. The fourth-order valence-corrected chi connectivity index (χ4v) is 3.25. The summed E-state index contributed by atoms with van der Waals surface area (Å²) >= 11 is 12.4. The normalized spacial score (nSPS) is 11.0. The predicted octanol–water partition coefficient (Wildman–Crippen LogP) is 5.82. The molecule has 0 fully saturated rings. The van der Waals surface area contributed by atoms with Gasteiger partial charge in [-0.3, -0.25) is 0 Å². The van der Waals surface area contributed by atoms with Crippen molar-refractivity contribution in [2.45, 2.75) is 0 Å². The number of hydrogen-bond donors (Lipinski definition) is 0. The van der Waals surface area contributed by atoms with E-state index < -0.39 is 0 Å². The smallest absolute Gasteiger partial charge is 0.266 e. The van der Waals surface area contributed by atoms with Gasteiger partial charge in [-0.15, -0.1) is 20.4 Å². The van der Waals surface area contributed by atoms with Crippen molar-refractivity contribution in [1.82, 2.24) is 25.4 Å². The minimum Gasteiger partial charge on any atom is -0.415 e. The van der Waals surface area contributed by atoms with Crippen molar-refractivity contribution in [3.8, 4) is 46.1 Å². The monoisotopic (exact) mass is 435 g/mol. The van der Waals surface area contributed by atoms with E-state index >= 15 is 0 Å². The molecule has 0 aliphatic carbocycles. The molecule has 0 unspecified atom stereocenters. The summed E-state index contributed by atoms with van der Waals surface area (Å²) in [5.74, 6) is 1.11. The largest absolute Gasteiger partial charge is 0.415 e. The predicted molar refractivity (Wildman–Crippen MR) is 112 cm³/mol. The maximum atomic E-state index is 6.20. The van der Waals surface area contributed by atoms with E-state index in [-0.39, 0.29) is 11.8 Å². The van der Waals surface area contributed by atoms with Gasteiger partial charge in [0.15, 0.2) is 0 Å². The Kier molecular flexibility index (Phi) is 4.74. The van der Waals surface area contributed by atoms with Crippen molar-refractivity contribution in [1.29, 1.82) is 0 Å². The lowest BCUT2D eigenvalue weighted by Crippen LogP contribution is -1.88. The number of benzene rings is 2. The van der Waals surface area contributed by atoms with Crippen LogP contribution < -0.4 is 0 Å². The molecule has 0 saturated heterocycles. The number of rotatable bonds is 4. The zero-order valence-corrected chi connectivity index (χ0v) is 16.7. The lowest BCUT2D eigenvalue weighted by atomic mass is 10.2. The van der Waals surface area contributed by atoms with Crippen LogP contribution in [0.15, 0.2) is 75.6 Å². The molecule has 0 amide bonds. The van der Waals surface area contributed by atoms with Crippen LogP contribution in [0, 0.1) is 0 Å². The van der Waals surface area contributed by atoms with Crippen LogP contribution in [0.1, 0.15) is 0 Å². The van der Waals surface area contributed by atoms with Gasteiger partial charge in [0, 0.05) is 0 Å². The van der Waals surface area contributed by atoms with E-state index in [4.69, 9.17) is 32.0 Å². The minimum atomic E-state index is 0.248. The molecule has 0 aliphatic heterocycles. The molecule has 5 aromatic rings.